The highest BCUT2D eigenvalue weighted by Gasteiger charge is 2.27. The van der Waals surface area contributed by atoms with Gasteiger partial charge >= 0.3 is 0 Å². The van der Waals surface area contributed by atoms with Gasteiger partial charge in [-0.3, -0.25) is 0 Å². The van der Waals surface area contributed by atoms with Crippen LogP contribution in [0.2, 0.25) is 0 Å². The Hall–Kier alpha value is -2.51. The quantitative estimate of drug-likeness (QED) is 0.710. The zero-order chi connectivity index (χ0) is 20.1. The van der Waals surface area contributed by atoms with E-state index in [0.717, 1.165) is 16.7 Å². The molecule has 28 heavy (non-hydrogen) atoms. The fourth-order valence-corrected chi connectivity index (χ4v) is 4.80. The van der Waals surface area contributed by atoms with E-state index in [2.05, 4.69) is 0 Å². The maximum absolute atomic E-state index is 12.8. The van der Waals surface area contributed by atoms with Gasteiger partial charge in [0, 0.05) is 25.2 Å². The van der Waals surface area contributed by atoms with Crippen molar-refractivity contribution in [1.82, 2.24) is 4.31 Å². The van der Waals surface area contributed by atoms with Crippen molar-refractivity contribution < 1.29 is 22.6 Å². The Morgan fingerprint density at radius 3 is 2.11 bits per heavy atom. The minimum Gasteiger partial charge on any atom is -0.496 e. The van der Waals surface area contributed by atoms with Crippen LogP contribution >= 0.6 is 0 Å². The molecule has 0 spiro atoms. The van der Waals surface area contributed by atoms with Crippen LogP contribution in [0.3, 0.4) is 0 Å². The molecule has 7 heteroatoms. The molecule has 0 fully saturated rings. The third kappa shape index (κ3) is 4.31. The highest BCUT2D eigenvalue weighted by Crippen LogP contribution is 2.41. The predicted octanol–water partition coefficient (Wildman–Crippen LogP) is 3.33. The highest BCUT2D eigenvalue weighted by atomic mass is 32.2. The number of methoxy groups -OCH3 is 3. The topological polar surface area (TPSA) is 65.1 Å². The van der Waals surface area contributed by atoms with Gasteiger partial charge in [-0.1, -0.05) is 36.4 Å². The molecule has 0 saturated heterocycles. The Kier molecular flexibility index (Phi) is 6.26. The molecule has 0 N–H and O–H groups in total. The van der Waals surface area contributed by atoms with Crippen LogP contribution < -0.4 is 14.2 Å². The van der Waals surface area contributed by atoms with E-state index in [9.17, 15) is 8.42 Å². The van der Waals surface area contributed by atoms with Gasteiger partial charge in [-0.25, -0.2) is 8.42 Å². The summed E-state index contributed by atoms with van der Waals surface area (Å²) < 4.78 is 43.4. The summed E-state index contributed by atoms with van der Waals surface area (Å²) in [5, 5.41) is 0. The fraction of sp³-hybridized carbons (Fsp3) is 0.333. The number of sulfonamides is 1. The van der Waals surface area contributed by atoms with Gasteiger partial charge in [-0.2, -0.15) is 4.31 Å². The van der Waals surface area contributed by atoms with Crippen molar-refractivity contribution in [1.29, 1.82) is 0 Å². The molecule has 2 aromatic rings. The van der Waals surface area contributed by atoms with E-state index in [1.165, 1.54) is 4.31 Å². The second-order valence-corrected chi connectivity index (χ2v) is 8.46. The van der Waals surface area contributed by atoms with E-state index >= 15 is 0 Å². The lowest BCUT2D eigenvalue weighted by atomic mass is 9.98. The number of ether oxygens (including phenoxy) is 3. The first-order chi connectivity index (χ1) is 13.5. The van der Waals surface area contributed by atoms with Crippen LogP contribution in [0.25, 0.3) is 5.57 Å². The van der Waals surface area contributed by atoms with Gasteiger partial charge in [-0.05, 0) is 17.6 Å². The average molecular weight is 404 g/mol. The van der Waals surface area contributed by atoms with Gasteiger partial charge in [0.05, 0.1) is 32.6 Å². The fourth-order valence-electron chi connectivity index (χ4n) is 3.33. The molecule has 0 aliphatic carbocycles. The minimum atomic E-state index is -3.38. The van der Waals surface area contributed by atoms with Crippen LogP contribution in [0.15, 0.2) is 48.5 Å². The molecule has 0 aromatic heterocycles. The van der Waals surface area contributed by atoms with E-state index in [1.54, 1.807) is 33.5 Å². The maximum Gasteiger partial charge on any atom is 0.218 e. The molecule has 2 aromatic carbocycles. The van der Waals surface area contributed by atoms with Gasteiger partial charge < -0.3 is 14.2 Å². The van der Waals surface area contributed by atoms with Crippen LogP contribution in [0.5, 0.6) is 17.2 Å². The van der Waals surface area contributed by atoms with Crippen LogP contribution in [0.1, 0.15) is 17.5 Å². The normalized spacial score (nSPS) is 15.0. The summed E-state index contributed by atoms with van der Waals surface area (Å²) in [4.78, 5) is 0. The third-order valence-electron chi connectivity index (χ3n) is 4.79. The lowest BCUT2D eigenvalue weighted by Crippen LogP contribution is -2.35. The van der Waals surface area contributed by atoms with E-state index < -0.39 is 10.0 Å². The molecular weight excluding hydrogens is 378 g/mol. The van der Waals surface area contributed by atoms with E-state index in [-0.39, 0.29) is 5.75 Å². The van der Waals surface area contributed by atoms with Gasteiger partial charge in [0.2, 0.25) is 10.0 Å². The zero-order valence-corrected chi connectivity index (χ0v) is 17.2. The SMILES string of the molecule is COc1cc(OC)c(C2=CCN(S(=O)(=O)Cc3ccccc3)CC2)c(OC)c1. The van der Waals surface area contributed by atoms with E-state index in [4.69, 9.17) is 14.2 Å². The molecule has 3 rings (SSSR count). The molecule has 0 bridgehead atoms. The molecule has 0 radical (unpaired) electrons. The summed E-state index contributed by atoms with van der Waals surface area (Å²) in [6, 6.07) is 12.8. The molecule has 0 atom stereocenters. The molecule has 1 heterocycles. The minimum absolute atomic E-state index is 0.00614. The van der Waals surface area contributed by atoms with Crippen molar-refractivity contribution in [2.75, 3.05) is 34.4 Å². The Balaban J connectivity index is 1.84. The monoisotopic (exact) mass is 403 g/mol. The molecule has 6 nitrogen and oxygen atoms in total. The summed E-state index contributed by atoms with van der Waals surface area (Å²) in [7, 11) is 1.40. The van der Waals surface area contributed by atoms with Crippen molar-refractivity contribution in [2.45, 2.75) is 12.2 Å². The first-order valence-electron chi connectivity index (χ1n) is 8.99. The number of rotatable bonds is 7. The number of benzene rings is 2. The Bertz CT molecular complexity index is 929. The highest BCUT2D eigenvalue weighted by molar-refractivity contribution is 7.88. The van der Waals surface area contributed by atoms with E-state index in [0.29, 0.717) is 36.8 Å². The molecule has 0 unspecified atom stereocenters. The third-order valence-corrected chi connectivity index (χ3v) is 6.61. The van der Waals surface area contributed by atoms with E-state index in [1.807, 2.05) is 36.4 Å². The van der Waals surface area contributed by atoms with Crippen molar-refractivity contribution in [3.8, 4) is 17.2 Å². The van der Waals surface area contributed by atoms with Crippen molar-refractivity contribution >= 4 is 15.6 Å². The number of hydrogen-bond donors (Lipinski definition) is 0. The molecule has 1 aliphatic heterocycles. The van der Waals surface area contributed by atoms with Crippen molar-refractivity contribution in [2.24, 2.45) is 0 Å². The number of hydrogen-bond acceptors (Lipinski definition) is 5. The van der Waals surface area contributed by atoms with Gasteiger partial charge in [0.15, 0.2) is 0 Å². The van der Waals surface area contributed by atoms with Gasteiger partial charge in [-0.15, -0.1) is 0 Å². The van der Waals surface area contributed by atoms with Crippen molar-refractivity contribution in [3.63, 3.8) is 0 Å². The van der Waals surface area contributed by atoms with Crippen LogP contribution in [-0.2, 0) is 15.8 Å². The lowest BCUT2D eigenvalue weighted by Gasteiger charge is -2.27. The predicted molar refractivity (Wildman–Crippen MR) is 109 cm³/mol. The first-order valence-corrected chi connectivity index (χ1v) is 10.6. The Morgan fingerprint density at radius 2 is 1.61 bits per heavy atom. The van der Waals surface area contributed by atoms with Crippen LogP contribution in [0.4, 0.5) is 0 Å². The molecule has 0 amide bonds. The van der Waals surface area contributed by atoms with Gasteiger partial charge in [0.1, 0.15) is 17.2 Å². The summed E-state index contributed by atoms with van der Waals surface area (Å²) in [5.41, 5.74) is 2.63. The van der Waals surface area contributed by atoms with Crippen molar-refractivity contribution in [3.05, 3.63) is 59.7 Å². The summed E-state index contributed by atoms with van der Waals surface area (Å²) in [6.45, 7) is 0.738. The Labute approximate surface area is 166 Å². The van der Waals surface area contributed by atoms with Crippen LogP contribution in [0, 0.1) is 0 Å². The molecule has 1 aliphatic rings. The second kappa shape index (κ2) is 8.67. The van der Waals surface area contributed by atoms with Crippen LogP contribution in [-0.4, -0.2) is 47.1 Å². The standard InChI is InChI=1S/C21H25NO5S/c1-25-18-13-19(26-2)21(20(14-18)27-3)17-9-11-22(12-10-17)28(23,24)15-16-7-5-4-6-8-16/h4-9,13-14H,10-12,15H2,1-3H3. The zero-order valence-electron chi connectivity index (χ0n) is 16.3. The van der Waals surface area contributed by atoms with Gasteiger partial charge in [0.25, 0.3) is 0 Å². The molecular formula is C21H25NO5S. The smallest absolute Gasteiger partial charge is 0.218 e. The summed E-state index contributed by atoms with van der Waals surface area (Å²) in [6.07, 6.45) is 2.51. The summed E-state index contributed by atoms with van der Waals surface area (Å²) in [5.74, 6) is 1.93. The largest absolute Gasteiger partial charge is 0.496 e. The average Bonchev–Trinajstić information content (AvgIpc) is 2.73. The second-order valence-electron chi connectivity index (χ2n) is 6.49. The molecule has 150 valence electrons. The number of nitrogens with zero attached hydrogens (tertiary/aromatic N) is 1. The Morgan fingerprint density at radius 1 is 0.964 bits per heavy atom. The maximum atomic E-state index is 12.8. The first kappa shape index (κ1) is 20.2. The lowest BCUT2D eigenvalue weighted by molar-refractivity contribution is 0.372. The molecule has 0 saturated carbocycles. The summed E-state index contributed by atoms with van der Waals surface area (Å²) >= 11 is 0.